The third-order valence-corrected chi connectivity index (χ3v) is 3.38. The Morgan fingerprint density at radius 3 is 2.12 bits per heavy atom. The first-order valence-corrected chi connectivity index (χ1v) is 6.63. The second-order valence-corrected chi connectivity index (χ2v) is 4.86. The van der Waals surface area contributed by atoms with Crippen molar-refractivity contribution >= 4 is 5.91 Å². The predicted molar refractivity (Wildman–Crippen MR) is 70.8 cm³/mol. The van der Waals surface area contributed by atoms with Crippen LogP contribution in [-0.2, 0) is 4.79 Å². The maximum absolute atomic E-state index is 11.9. The molecule has 0 aliphatic carbocycles. The summed E-state index contributed by atoms with van der Waals surface area (Å²) in [6, 6.07) is 0.166. The van der Waals surface area contributed by atoms with E-state index in [1.807, 2.05) is 20.8 Å². The molecule has 4 heteroatoms. The molecule has 0 rings (SSSR count). The van der Waals surface area contributed by atoms with Gasteiger partial charge in [-0.2, -0.15) is 0 Å². The van der Waals surface area contributed by atoms with Gasteiger partial charge < -0.3 is 15.7 Å². The molecule has 0 aliphatic rings. The Morgan fingerprint density at radius 1 is 1.18 bits per heavy atom. The molecule has 0 saturated carbocycles. The van der Waals surface area contributed by atoms with Crippen LogP contribution in [0.2, 0.25) is 0 Å². The lowest BCUT2D eigenvalue weighted by Gasteiger charge is -2.25. The molecular formula is C13H28N2O2. The zero-order valence-electron chi connectivity index (χ0n) is 11.8. The minimum absolute atomic E-state index is 0.0377. The summed E-state index contributed by atoms with van der Waals surface area (Å²) in [4.78, 5) is 11.9. The Kier molecular flexibility index (Phi) is 8.17. The number of carbonyl (C=O) groups excluding carboxylic acids is 1. The zero-order valence-corrected chi connectivity index (χ0v) is 11.8. The van der Waals surface area contributed by atoms with Crippen molar-refractivity contribution < 1.29 is 9.90 Å². The van der Waals surface area contributed by atoms with Gasteiger partial charge in [-0.1, -0.05) is 20.8 Å². The fourth-order valence-corrected chi connectivity index (χ4v) is 1.61. The quantitative estimate of drug-likeness (QED) is 0.603. The van der Waals surface area contributed by atoms with Crippen molar-refractivity contribution in [3.8, 4) is 0 Å². The van der Waals surface area contributed by atoms with Gasteiger partial charge in [-0.25, -0.2) is 0 Å². The number of hydrogen-bond acceptors (Lipinski definition) is 3. The minimum atomic E-state index is -0.223. The summed E-state index contributed by atoms with van der Waals surface area (Å²) >= 11 is 0. The predicted octanol–water partition coefficient (Wildman–Crippen LogP) is 1.29. The molecule has 102 valence electrons. The monoisotopic (exact) mass is 244 g/mol. The normalized spacial score (nSPS) is 16.6. The Hall–Kier alpha value is -0.610. The Labute approximate surface area is 105 Å². The highest BCUT2D eigenvalue weighted by molar-refractivity contribution is 5.81. The van der Waals surface area contributed by atoms with E-state index in [0.717, 1.165) is 12.8 Å². The Morgan fingerprint density at radius 2 is 1.71 bits per heavy atom. The first-order valence-electron chi connectivity index (χ1n) is 6.63. The number of hydrogen-bond donors (Lipinski definition) is 3. The van der Waals surface area contributed by atoms with Crippen molar-refractivity contribution in [1.29, 1.82) is 0 Å². The second kappa shape index (κ2) is 8.48. The molecule has 3 unspecified atom stereocenters. The van der Waals surface area contributed by atoms with Gasteiger partial charge in [-0.05, 0) is 32.6 Å². The fourth-order valence-electron chi connectivity index (χ4n) is 1.61. The molecule has 0 spiro atoms. The van der Waals surface area contributed by atoms with Crippen LogP contribution in [0.15, 0.2) is 0 Å². The van der Waals surface area contributed by atoms with E-state index in [9.17, 15) is 4.79 Å². The largest absolute Gasteiger partial charge is 0.396 e. The summed E-state index contributed by atoms with van der Waals surface area (Å²) in [7, 11) is 0. The van der Waals surface area contributed by atoms with Crippen LogP contribution in [0.1, 0.15) is 47.5 Å². The topological polar surface area (TPSA) is 61.4 Å². The summed E-state index contributed by atoms with van der Waals surface area (Å²) < 4.78 is 0. The van der Waals surface area contributed by atoms with Gasteiger partial charge in [0.1, 0.15) is 0 Å². The number of carbonyl (C=O) groups is 1. The van der Waals surface area contributed by atoms with E-state index in [-0.39, 0.29) is 36.6 Å². The molecule has 0 heterocycles. The first kappa shape index (κ1) is 16.4. The number of nitrogens with one attached hydrogen (secondary N) is 2. The van der Waals surface area contributed by atoms with Crippen LogP contribution >= 0.6 is 0 Å². The van der Waals surface area contributed by atoms with Gasteiger partial charge in [0.05, 0.1) is 6.04 Å². The van der Waals surface area contributed by atoms with E-state index >= 15 is 0 Å². The Bertz CT molecular complexity index is 217. The van der Waals surface area contributed by atoms with Crippen molar-refractivity contribution in [2.75, 3.05) is 6.61 Å². The van der Waals surface area contributed by atoms with Crippen LogP contribution in [-0.4, -0.2) is 35.7 Å². The van der Waals surface area contributed by atoms with E-state index in [2.05, 4.69) is 24.5 Å². The van der Waals surface area contributed by atoms with E-state index in [0.29, 0.717) is 0 Å². The highest BCUT2D eigenvalue weighted by Gasteiger charge is 2.19. The molecule has 0 aromatic rings. The standard InChI is InChI=1S/C13H28N2O2/c1-6-12(7-2)15-13(17)11(5)14-10(4)9(3)8-16/h9-12,14,16H,6-8H2,1-5H3,(H,15,17). The maximum atomic E-state index is 11.9. The molecule has 0 aliphatic heterocycles. The molecule has 3 N–H and O–H groups in total. The van der Waals surface area contributed by atoms with Gasteiger partial charge in [0.15, 0.2) is 0 Å². The molecule has 0 fully saturated rings. The molecule has 4 nitrogen and oxygen atoms in total. The lowest BCUT2D eigenvalue weighted by molar-refractivity contribution is -0.123. The number of rotatable bonds is 8. The highest BCUT2D eigenvalue weighted by atomic mass is 16.3. The van der Waals surface area contributed by atoms with Gasteiger partial charge in [0.2, 0.25) is 5.91 Å². The molecule has 0 aromatic heterocycles. The first-order chi connectivity index (χ1) is 7.96. The summed E-state index contributed by atoms with van der Waals surface area (Å²) in [5, 5.41) is 15.3. The number of aliphatic hydroxyl groups excluding tert-OH is 1. The molecular weight excluding hydrogens is 216 g/mol. The summed E-state index contributed by atoms with van der Waals surface area (Å²) in [6.45, 7) is 10.1. The molecule has 0 radical (unpaired) electrons. The number of aliphatic hydroxyl groups is 1. The van der Waals surface area contributed by atoms with Crippen LogP contribution in [0.5, 0.6) is 0 Å². The molecule has 3 atom stereocenters. The van der Waals surface area contributed by atoms with Gasteiger partial charge in [-0.15, -0.1) is 0 Å². The van der Waals surface area contributed by atoms with Gasteiger partial charge in [-0.3, -0.25) is 4.79 Å². The zero-order chi connectivity index (χ0) is 13.4. The van der Waals surface area contributed by atoms with E-state index in [1.165, 1.54) is 0 Å². The maximum Gasteiger partial charge on any atom is 0.237 e. The van der Waals surface area contributed by atoms with Crippen molar-refractivity contribution in [2.45, 2.75) is 65.6 Å². The van der Waals surface area contributed by atoms with Crippen molar-refractivity contribution in [2.24, 2.45) is 5.92 Å². The van der Waals surface area contributed by atoms with Crippen molar-refractivity contribution in [1.82, 2.24) is 10.6 Å². The Balaban J connectivity index is 4.13. The minimum Gasteiger partial charge on any atom is -0.396 e. The van der Waals surface area contributed by atoms with Crippen LogP contribution in [0.25, 0.3) is 0 Å². The van der Waals surface area contributed by atoms with Crippen LogP contribution in [0.3, 0.4) is 0 Å². The van der Waals surface area contributed by atoms with Crippen molar-refractivity contribution in [3.05, 3.63) is 0 Å². The van der Waals surface area contributed by atoms with E-state index in [1.54, 1.807) is 0 Å². The third-order valence-electron chi connectivity index (χ3n) is 3.38. The summed E-state index contributed by atoms with van der Waals surface area (Å²) in [6.07, 6.45) is 1.91. The molecule has 0 saturated heterocycles. The molecule has 0 aromatic carbocycles. The van der Waals surface area contributed by atoms with E-state index < -0.39 is 0 Å². The number of amides is 1. The summed E-state index contributed by atoms with van der Waals surface area (Å²) in [5.74, 6) is 0.189. The van der Waals surface area contributed by atoms with Crippen molar-refractivity contribution in [3.63, 3.8) is 0 Å². The van der Waals surface area contributed by atoms with Crippen LogP contribution < -0.4 is 10.6 Å². The van der Waals surface area contributed by atoms with E-state index in [4.69, 9.17) is 5.11 Å². The van der Waals surface area contributed by atoms with Gasteiger partial charge in [0.25, 0.3) is 0 Å². The van der Waals surface area contributed by atoms with Gasteiger partial charge >= 0.3 is 0 Å². The lowest BCUT2D eigenvalue weighted by Crippen LogP contribution is -2.50. The van der Waals surface area contributed by atoms with Gasteiger partial charge in [0, 0.05) is 18.7 Å². The lowest BCUT2D eigenvalue weighted by atomic mass is 10.0. The van der Waals surface area contributed by atoms with Crippen LogP contribution in [0.4, 0.5) is 0 Å². The molecule has 0 bridgehead atoms. The molecule has 1 amide bonds. The average Bonchev–Trinajstić information content (AvgIpc) is 2.34. The summed E-state index contributed by atoms with van der Waals surface area (Å²) in [5.41, 5.74) is 0. The third kappa shape index (κ3) is 6.03. The fraction of sp³-hybridized carbons (Fsp3) is 0.923. The highest BCUT2D eigenvalue weighted by Crippen LogP contribution is 2.03. The smallest absolute Gasteiger partial charge is 0.237 e. The second-order valence-electron chi connectivity index (χ2n) is 4.86. The average molecular weight is 244 g/mol. The molecule has 17 heavy (non-hydrogen) atoms. The SMILES string of the molecule is CCC(CC)NC(=O)C(C)NC(C)C(C)CO. The van der Waals surface area contributed by atoms with Crippen LogP contribution in [0, 0.1) is 5.92 Å².